The van der Waals surface area contributed by atoms with E-state index in [2.05, 4.69) is 12.0 Å². The zero-order valence-corrected chi connectivity index (χ0v) is 12.1. The third kappa shape index (κ3) is 3.70. The Kier molecular flexibility index (Phi) is 4.80. The van der Waals surface area contributed by atoms with Crippen molar-refractivity contribution in [2.75, 3.05) is 5.75 Å². The lowest BCUT2D eigenvalue weighted by molar-refractivity contribution is 0.0993. The Morgan fingerprint density at radius 3 is 2.58 bits per heavy atom. The van der Waals surface area contributed by atoms with Crippen molar-refractivity contribution in [3.05, 3.63) is 47.8 Å². The zero-order chi connectivity index (χ0) is 13.7. The van der Waals surface area contributed by atoms with Crippen molar-refractivity contribution in [3.63, 3.8) is 0 Å². The molecule has 0 aliphatic rings. The van der Waals surface area contributed by atoms with Crippen LogP contribution in [0.5, 0.6) is 0 Å². The molecule has 4 heteroatoms. The molecule has 100 valence electrons. The first kappa shape index (κ1) is 13.9. The average Bonchev–Trinajstić information content (AvgIpc) is 2.87. The molecule has 1 heterocycles. The van der Waals surface area contributed by atoms with E-state index in [0.717, 1.165) is 23.4 Å². The summed E-state index contributed by atoms with van der Waals surface area (Å²) in [5.41, 5.74) is 1.74. The van der Waals surface area contributed by atoms with E-state index >= 15 is 0 Å². The molecule has 0 unspecified atom stereocenters. The lowest BCUT2D eigenvalue weighted by Crippen LogP contribution is -2.02. The van der Waals surface area contributed by atoms with Gasteiger partial charge in [0.2, 0.25) is 0 Å². The molecule has 0 bridgehead atoms. The second-order valence-corrected chi connectivity index (χ2v) is 5.60. The van der Waals surface area contributed by atoms with E-state index in [1.54, 1.807) is 18.0 Å². The number of aromatic nitrogens is 2. The Hall–Kier alpha value is -1.55. The number of ketones is 1. The van der Waals surface area contributed by atoms with E-state index < -0.39 is 0 Å². The highest BCUT2D eigenvalue weighted by atomic mass is 32.2. The van der Waals surface area contributed by atoms with Crippen molar-refractivity contribution in [2.24, 2.45) is 0 Å². The molecular weight excluding hydrogens is 256 g/mol. The molecule has 0 aliphatic heterocycles. The Balaban J connectivity index is 2.02. The Labute approximate surface area is 118 Å². The standard InChI is InChI=1S/C15H18N2OS/c1-3-17-11-12(10-16-17)9-15(18)13-5-7-14(8-6-13)19-4-2/h5-8,10-11H,3-4,9H2,1-2H3. The van der Waals surface area contributed by atoms with Gasteiger partial charge in [0, 0.05) is 29.6 Å². The molecular formula is C15H18N2OS. The molecule has 0 spiro atoms. The maximum Gasteiger partial charge on any atom is 0.167 e. The minimum atomic E-state index is 0.142. The van der Waals surface area contributed by atoms with Crippen LogP contribution in [-0.2, 0) is 13.0 Å². The first-order valence-electron chi connectivity index (χ1n) is 6.50. The average molecular weight is 274 g/mol. The predicted octanol–water partition coefficient (Wildman–Crippen LogP) is 3.44. The van der Waals surface area contributed by atoms with Crippen molar-refractivity contribution >= 4 is 17.5 Å². The molecule has 1 aromatic carbocycles. The number of carbonyl (C=O) groups is 1. The minimum Gasteiger partial charge on any atom is -0.294 e. The molecule has 2 aromatic rings. The Morgan fingerprint density at radius 1 is 1.26 bits per heavy atom. The smallest absolute Gasteiger partial charge is 0.167 e. The van der Waals surface area contributed by atoms with Gasteiger partial charge in [-0.15, -0.1) is 11.8 Å². The number of hydrogen-bond acceptors (Lipinski definition) is 3. The number of aryl methyl sites for hydroxylation is 1. The monoisotopic (exact) mass is 274 g/mol. The molecule has 0 fully saturated rings. The van der Waals surface area contributed by atoms with Crippen LogP contribution in [0.25, 0.3) is 0 Å². The summed E-state index contributed by atoms with van der Waals surface area (Å²) in [6, 6.07) is 7.84. The van der Waals surface area contributed by atoms with Gasteiger partial charge in [-0.1, -0.05) is 19.1 Å². The van der Waals surface area contributed by atoms with Crippen LogP contribution in [-0.4, -0.2) is 21.3 Å². The molecule has 0 radical (unpaired) electrons. The van der Waals surface area contributed by atoms with E-state index in [9.17, 15) is 4.79 Å². The summed E-state index contributed by atoms with van der Waals surface area (Å²) in [7, 11) is 0. The fourth-order valence-electron chi connectivity index (χ4n) is 1.86. The quantitative estimate of drug-likeness (QED) is 0.598. The van der Waals surface area contributed by atoms with Crippen molar-refractivity contribution in [1.29, 1.82) is 0 Å². The van der Waals surface area contributed by atoms with Crippen molar-refractivity contribution < 1.29 is 4.79 Å². The summed E-state index contributed by atoms with van der Waals surface area (Å²) in [5, 5.41) is 4.18. The van der Waals surface area contributed by atoms with E-state index in [0.29, 0.717) is 6.42 Å². The molecule has 2 rings (SSSR count). The summed E-state index contributed by atoms with van der Waals surface area (Å²) < 4.78 is 1.84. The number of benzene rings is 1. The largest absolute Gasteiger partial charge is 0.294 e. The van der Waals surface area contributed by atoms with E-state index in [4.69, 9.17) is 0 Å². The first-order chi connectivity index (χ1) is 9.22. The molecule has 0 saturated carbocycles. The highest BCUT2D eigenvalue weighted by Crippen LogP contribution is 2.18. The fraction of sp³-hybridized carbons (Fsp3) is 0.333. The van der Waals surface area contributed by atoms with Gasteiger partial charge in [0.1, 0.15) is 0 Å². The summed E-state index contributed by atoms with van der Waals surface area (Å²) in [5.74, 6) is 1.19. The number of thioether (sulfide) groups is 1. The molecule has 0 N–H and O–H groups in total. The number of rotatable bonds is 6. The van der Waals surface area contributed by atoms with E-state index in [1.165, 1.54) is 4.90 Å². The van der Waals surface area contributed by atoms with Crippen LogP contribution in [0.15, 0.2) is 41.6 Å². The molecule has 3 nitrogen and oxygen atoms in total. The normalized spacial score (nSPS) is 10.6. The minimum absolute atomic E-state index is 0.142. The van der Waals surface area contributed by atoms with Crippen molar-refractivity contribution in [3.8, 4) is 0 Å². The van der Waals surface area contributed by atoms with Gasteiger partial charge >= 0.3 is 0 Å². The lowest BCUT2D eigenvalue weighted by atomic mass is 10.1. The van der Waals surface area contributed by atoms with Gasteiger partial charge in [0.15, 0.2) is 5.78 Å². The number of Topliss-reactive ketones (excluding diaryl/α,β-unsaturated/α-hetero) is 1. The first-order valence-corrected chi connectivity index (χ1v) is 7.49. The SMILES string of the molecule is CCSc1ccc(C(=O)Cc2cnn(CC)c2)cc1. The van der Waals surface area contributed by atoms with Crippen LogP contribution in [0.3, 0.4) is 0 Å². The van der Waals surface area contributed by atoms with Crippen molar-refractivity contribution in [2.45, 2.75) is 31.7 Å². The summed E-state index contributed by atoms with van der Waals surface area (Å²) in [6.07, 6.45) is 4.11. The highest BCUT2D eigenvalue weighted by molar-refractivity contribution is 7.99. The number of carbonyl (C=O) groups excluding carboxylic acids is 1. The van der Waals surface area contributed by atoms with Crippen molar-refractivity contribution in [1.82, 2.24) is 9.78 Å². The Bertz CT molecular complexity index is 546. The van der Waals surface area contributed by atoms with Gasteiger partial charge in [-0.3, -0.25) is 9.48 Å². The topological polar surface area (TPSA) is 34.9 Å². The molecule has 0 aliphatic carbocycles. The third-order valence-corrected chi connectivity index (χ3v) is 3.76. The highest BCUT2D eigenvalue weighted by Gasteiger charge is 2.08. The van der Waals surface area contributed by atoms with Gasteiger partial charge < -0.3 is 0 Å². The zero-order valence-electron chi connectivity index (χ0n) is 11.3. The predicted molar refractivity (Wildman–Crippen MR) is 78.8 cm³/mol. The number of hydrogen-bond donors (Lipinski definition) is 0. The molecule has 0 saturated heterocycles. The summed E-state index contributed by atoms with van der Waals surface area (Å²) in [6.45, 7) is 4.98. The van der Waals surface area contributed by atoms with Crippen LogP contribution in [0.2, 0.25) is 0 Å². The van der Waals surface area contributed by atoms with Gasteiger partial charge in [0.25, 0.3) is 0 Å². The second-order valence-electron chi connectivity index (χ2n) is 4.26. The maximum atomic E-state index is 12.1. The van der Waals surface area contributed by atoms with Gasteiger partial charge in [-0.2, -0.15) is 5.10 Å². The van der Waals surface area contributed by atoms with E-state index in [-0.39, 0.29) is 5.78 Å². The maximum absolute atomic E-state index is 12.1. The number of nitrogens with zero attached hydrogens (tertiary/aromatic N) is 2. The summed E-state index contributed by atoms with van der Waals surface area (Å²) >= 11 is 1.78. The van der Waals surface area contributed by atoms with Gasteiger partial charge in [-0.05, 0) is 30.4 Å². The van der Waals surface area contributed by atoms with Crippen LogP contribution < -0.4 is 0 Å². The van der Waals surface area contributed by atoms with Gasteiger partial charge in [0.05, 0.1) is 6.20 Å². The molecule has 1 aromatic heterocycles. The summed E-state index contributed by atoms with van der Waals surface area (Å²) in [4.78, 5) is 13.3. The second kappa shape index (κ2) is 6.57. The van der Waals surface area contributed by atoms with Crippen LogP contribution in [0.4, 0.5) is 0 Å². The third-order valence-electron chi connectivity index (χ3n) is 2.86. The van der Waals surface area contributed by atoms with Crippen LogP contribution in [0, 0.1) is 0 Å². The lowest BCUT2D eigenvalue weighted by Gasteiger charge is -2.02. The van der Waals surface area contributed by atoms with E-state index in [1.807, 2.05) is 42.1 Å². The fourth-order valence-corrected chi connectivity index (χ4v) is 2.52. The van der Waals surface area contributed by atoms with Crippen LogP contribution in [0.1, 0.15) is 29.8 Å². The van der Waals surface area contributed by atoms with Crippen LogP contribution >= 0.6 is 11.8 Å². The van der Waals surface area contributed by atoms with Gasteiger partial charge in [-0.25, -0.2) is 0 Å². The molecule has 0 atom stereocenters. The Morgan fingerprint density at radius 2 is 2.00 bits per heavy atom. The molecule has 19 heavy (non-hydrogen) atoms. The molecule has 0 amide bonds.